The molecular formula is C14H11ClO2. The Bertz CT molecular complexity index is 550. The number of carbonyl (C=O) groups excluding carboxylic acids is 1. The summed E-state index contributed by atoms with van der Waals surface area (Å²) in [6.45, 7) is -0.0482. The van der Waals surface area contributed by atoms with Crippen LogP contribution in [0.2, 0.25) is 5.02 Å². The second kappa shape index (κ2) is 5.13. The average Bonchev–Trinajstić information content (AvgIpc) is 2.39. The Balaban J connectivity index is 2.62. The average molecular weight is 247 g/mol. The van der Waals surface area contributed by atoms with Crippen LogP contribution in [0.3, 0.4) is 0 Å². The van der Waals surface area contributed by atoms with Crippen LogP contribution >= 0.6 is 11.6 Å². The number of aliphatic hydroxyl groups excluding tert-OH is 1. The highest BCUT2D eigenvalue weighted by molar-refractivity contribution is 6.33. The Morgan fingerprint density at radius 3 is 2.59 bits per heavy atom. The molecule has 3 heteroatoms. The van der Waals surface area contributed by atoms with E-state index in [4.69, 9.17) is 16.7 Å². The van der Waals surface area contributed by atoms with Crippen molar-refractivity contribution in [3.63, 3.8) is 0 Å². The van der Waals surface area contributed by atoms with Crippen molar-refractivity contribution >= 4 is 17.9 Å². The molecule has 0 saturated heterocycles. The number of halogens is 1. The van der Waals surface area contributed by atoms with Crippen LogP contribution in [0, 0.1) is 0 Å². The summed E-state index contributed by atoms with van der Waals surface area (Å²) in [6, 6.07) is 12.5. The molecule has 0 heterocycles. The summed E-state index contributed by atoms with van der Waals surface area (Å²) in [5.74, 6) is 0. The highest BCUT2D eigenvalue weighted by atomic mass is 35.5. The van der Waals surface area contributed by atoms with E-state index < -0.39 is 0 Å². The molecule has 0 atom stereocenters. The summed E-state index contributed by atoms with van der Waals surface area (Å²) < 4.78 is 0. The molecule has 0 aliphatic rings. The highest BCUT2D eigenvalue weighted by Crippen LogP contribution is 2.30. The molecule has 2 aromatic rings. The van der Waals surface area contributed by atoms with Gasteiger partial charge >= 0.3 is 0 Å². The predicted molar refractivity (Wildman–Crippen MR) is 68.2 cm³/mol. The predicted octanol–water partition coefficient (Wildman–Crippen LogP) is 3.31. The fourth-order valence-electron chi connectivity index (χ4n) is 1.72. The highest BCUT2D eigenvalue weighted by Gasteiger charge is 2.08. The molecule has 86 valence electrons. The summed E-state index contributed by atoms with van der Waals surface area (Å²) in [7, 11) is 0. The van der Waals surface area contributed by atoms with Crippen molar-refractivity contribution in [3.05, 3.63) is 58.6 Å². The quantitative estimate of drug-likeness (QED) is 0.844. The van der Waals surface area contributed by atoms with Gasteiger partial charge in [-0.05, 0) is 23.3 Å². The first-order chi connectivity index (χ1) is 8.26. The molecule has 1 N–H and O–H groups in total. The fraction of sp³-hybridized carbons (Fsp3) is 0.0714. The summed E-state index contributed by atoms with van der Waals surface area (Å²) in [5.41, 5.74) is 2.90. The van der Waals surface area contributed by atoms with Crippen LogP contribution in [0.1, 0.15) is 15.9 Å². The zero-order valence-corrected chi connectivity index (χ0v) is 9.82. The second-order valence-corrected chi connectivity index (χ2v) is 4.08. The number of aliphatic hydroxyl groups is 1. The molecule has 0 bridgehead atoms. The van der Waals surface area contributed by atoms with Gasteiger partial charge in [0.2, 0.25) is 0 Å². The summed E-state index contributed by atoms with van der Waals surface area (Å²) >= 11 is 6.12. The van der Waals surface area contributed by atoms with E-state index in [1.54, 1.807) is 30.3 Å². The third-order valence-electron chi connectivity index (χ3n) is 2.59. The molecule has 0 saturated carbocycles. The van der Waals surface area contributed by atoms with Gasteiger partial charge in [-0.1, -0.05) is 41.9 Å². The van der Waals surface area contributed by atoms with Gasteiger partial charge in [-0.2, -0.15) is 0 Å². The molecule has 0 unspecified atom stereocenters. The largest absolute Gasteiger partial charge is 0.392 e. The molecule has 0 fully saturated rings. The standard InChI is InChI=1S/C14H11ClO2/c15-14-6-5-10(8-16)7-13(14)12-4-2-1-3-11(12)9-17/h1-7,9,16H,8H2. The van der Waals surface area contributed by atoms with Gasteiger partial charge in [0.25, 0.3) is 0 Å². The second-order valence-electron chi connectivity index (χ2n) is 3.68. The van der Waals surface area contributed by atoms with Crippen LogP contribution in [0.15, 0.2) is 42.5 Å². The van der Waals surface area contributed by atoms with Gasteiger partial charge in [-0.25, -0.2) is 0 Å². The first-order valence-electron chi connectivity index (χ1n) is 5.20. The van der Waals surface area contributed by atoms with Gasteiger partial charge in [0, 0.05) is 16.1 Å². The van der Waals surface area contributed by atoms with Crippen LogP contribution < -0.4 is 0 Å². The Kier molecular flexibility index (Phi) is 3.57. The van der Waals surface area contributed by atoms with Crippen molar-refractivity contribution < 1.29 is 9.90 Å². The molecular weight excluding hydrogens is 236 g/mol. The first kappa shape index (κ1) is 11.8. The van der Waals surface area contributed by atoms with Crippen molar-refractivity contribution in [2.24, 2.45) is 0 Å². The lowest BCUT2D eigenvalue weighted by atomic mass is 9.99. The third-order valence-corrected chi connectivity index (χ3v) is 2.92. The van der Waals surface area contributed by atoms with Crippen molar-refractivity contribution in [2.45, 2.75) is 6.61 Å². The van der Waals surface area contributed by atoms with E-state index in [1.165, 1.54) is 0 Å². The molecule has 17 heavy (non-hydrogen) atoms. The number of aldehydes is 1. The van der Waals surface area contributed by atoms with E-state index in [0.29, 0.717) is 10.6 Å². The van der Waals surface area contributed by atoms with Crippen molar-refractivity contribution in [3.8, 4) is 11.1 Å². The van der Waals surface area contributed by atoms with E-state index in [-0.39, 0.29) is 6.61 Å². The molecule has 0 aliphatic carbocycles. The Labute approximate surface area is 104 Å². The maximum Gasteiger partial charge on any atom is 0.150 e. The van der Waals surface area contributed by atoms with Crippen molar-refractivity contribution in [1.82, 2.24) is 0 Å². The molecule has 0 spiro atoms. The Morgan fingerprint density at radius 2 is 1.88 bits per heavy atom. The SMILES string of the molecule is O=Cc1ccccc1-c1cc(CO)ccc1Cl. The lowest BCUT2D eigenvalue weighted by Gasteiger charge is -2.08. The van der Waals surface area contributed by atoms with Gasteiger partial charge in [0.1, 0.15) is 0 Å². The molecule has 2 aromatic carbocycles. The summed E-state index contributed by atoms with van der Waals surface area (Å²) in [5, 5.41) is 9.68. The van der Waals surface area contributed by atoms with Gasteiger partial charge < -0.3 is 5.11 Å². The van der Waals surface area contributed by atoms with E-state index in [9.17, 15) is 4.79 Å². The molecule has 0 radical (unpaired) electrons. The number of hydrogen-bond donors (Lipinski definition) is 1. The lowest BCUT2D eigenvalue weighted by Crippen LogP contribution is -1.90. The number of benzene rings is 2. The minimum Gasteiger partial charge on any atom is -0.392 e. The van der Waals surface area contributed by atoms with Gasteiger partial charge in [-0.15, -0.1) is 0 Å². The van der Waals surface area contributed by atoms with Crippen LogP contribution in [-0.2, 0) is 6.61 Å². The Morgan fingerprint density at radius 1 is 1.12 bits per heavy atom. The van der Waals surface area contributed by atoms with Crippen molar-refractivity contribution in [1.29, 1.82) is 0 Å². The first-order valence-corrected chi connectivity index (χ1v) is 5.58. The minimum atomic E-state index is -0.0482. The zero-order valence-electron chi connectivity index (χ0n) is 9.06. The fourth-order valence-corrected chi connectivity index (χ4v) is 1.94. The normalized spacial score (nSPS) is 10.2. The molecule has 2 rings (SSSR count). The summed E-state index contributed by atoms with van der Waals surface area (Å²) in [4.78, 5) is 11.0. The maximum absolute atomic E-state index is 11.0. The van der Waals surface area contributed by atoms with Gasteiger partial charge in [0.05, 0.1) is 6.61 Å². The van der Waals surface area contributed by atoms with Crippen LogP contribution in [0.25, 0.3) is 11.1 Å². The topological polar surface area (TPSA) is 37.3 Å². The van der Waals surface area contributed by atoms with Gasteiger partial charge in [-0.3, -0.25) is 4.79 Å². The minimum absolute atomic E-state index is 0.0482. The van der Waals surface area contributed by atoms with E-state index in [2.05, 4.69) is 0 Å². The molecule has 0 aromatic heterocycles. The maximum atomic E-state index is 11.0. The number of rotatable bonds is 3. The summed E-state index contributed by atoms with van der Waals surface area (Å²) in [6.07, 6.45) is 0.803. The van der Waals surface area contributed by atoms with Crippen LogP contribution in [0.4, 0.5) is 0 Å². The van der Waals surface area contributed by atoms with Crippen LogP contribution in [-0.4, -0.2) is 11.4 Å². The Hall–Kier alpha value is -1.64. The lowest BCUT2D eigenvalue weighted by molar-refractivity contribution is 0.112. The smallest absolute Gasteiger partial charge is 0.150 e. The van der Waals surface area contributed by atoms with Crippen molar-refractivity contribution in [2.75, 3.05) is 0 Å². The van der Waals surface area contributed by atoms with E-state index in [1.807, 2.05) is 12.1 Å². The molecule has 2 nitrogen and oxygen atoms in total. The number of carbonyl (C=O) groups is 1. The van der Waals surface area contributed by atoms with E-state index >= 15 is 0 Å². The molecule has 0 amide bonds. The third kappa shape index (κ3) is 2.38. The van der Waals surface area contributed by atoms with Gasteiger partial charge in [0.15, 0.2) is 6.29 Å². The number of hydrogen-bond acceptors (Lipinski definition) is 2. The van der Waals surface area contributed by atoms with E-state index in [0.717, 1.165) is 23.0 Å². The van der Waals surface area contributed by atoms with Crippen LogP contribution in [0.5, 0.6) is 0 Å². The monoisotopic (exact) mass is 246 g/mol. The molecule has 0 aliphatic heterocycles. The zero-order chi connectivity index (χ0) is 12.3.